The standard InChI is InChI=1S/C13H22N2O3/c14-8-9-4-5-12(18-9)13(16)15-6-7-17-11-3-1-2-10(11)15/h9-12H,1-8,14H2/t9-,10?,11?,12+/m1/s1. The van der Waals surface area contributed by atoms with Crippen LogP contribution in [0, 0.1) is 0 Å². The van der Waals surface area contributed by atoms with Gasteiger partial charge in [0.05, 0.1) is 24.9 Å². The highest BCUT2D eigenvalue weighted by molar-refractivity contribution is 5.81. The number of carbonyl (C=O) groups excluding carboxylic acids is 1. The van der Waals surface area contributed by atoms with Crippen molar-refractivity contribution >= 4 is 5.91 Å². The topological polar surface area (TPSA) is 64.8 Å². The summed E-state index contributed by atoms with van der Waals surface area (Å²) in [7, 11) is 0. The lowest BCUT2D eigenvalue weighted by Gasteiger charge is -2.38. The van der Waals surface area contributed by atoms with E-state index in [-0.39, 0.29) is 30.3 Å². The van der Waals surface area contributed by atoms with Crippen molar-refractivity contribution in [3.05, 3.63) is 0 Å². The summed E-state index contributed by atoms with van der Waals surface area (Å²) in [5.74, 6) is 0.158. The largest absolute Gasteiger partial charge is 0.374 e. The minimum absolute atomic E-state index is 0.0689. The van der Waals surface area contributed by atoms with Gasteiger partial charge in [-0.2, -0.15) is 0 Å². The predicted octanol–water partition coefficient (Wildman–Crippen LogP) is 0.273. The minimum atomic E-state index is -0.266. The highest BCUT2D eigenvalue weighted by Crippen LogP contribution is 2.31. The third-order valence-corrected chi connectivity index (χ3v) is 4.41. The van der Waals surface area contributed by atoms with E-state index in [2.05, 4.69) is 0 Å². The molecule has 1 aliphatic carbocycles. The Morgan fingerprint density at radius 2 is 2.17 bits per heavy atom. The molecule has 5 heteroatoms. The lowest BCUT2D eigenvalue weighted by molar-refractivity contribution is -0.155. The SMILES string of the molecule is NC[C@H]1CC[C@@H](C(=O)N2CCOC3CCCC32)O1. The van der Waals surface area contributed by atoms with Gasteiger partial charge in [0.15, 0.2) is 0 Å². The molecule has 5 nitrogen and oxygen atoms in total. The number of ether oxygens (including phenoxy) is 2. The van der Waals surface area contributed by atoms with Gasteiger partial charge in [-0.1, -0.05) is 0 Å². The number of carbonyl (C=O) groups is 1. The molecule has 0 aromatic heterocycles. The van der Waals surface area contributed by atoms with E-state index in [1.807, 2.05) is 4.90 Å². The first-order valence-electron chi connectivity index (χ1n) is 7.07. The zero-order chi connectivity index (χ0) is 12.5. The Labute approximate surface area is 108 Å². The van der Waals surface area contributed by atoms with Crippen LogP contribution in [-0.2, 0) is 14.3 Å². The first-order valence-corrected chi connectivity index (χ1v) is 7.07. The Kier molecular flexibility index (Phi) is 3.54. The highest BCUT2D eigenvalue weighted by atomic mass is 16.5. The van der Waals surface area contributed by atoms with Crippen LogP contribution >= 0.6 is 0 Å². The number of morpholine rings is 1. The average Bonchev–Trinajstić information content (AvgIpc) is 3.05. The third kappa shape index (κ3) is 2.15. The summed E-state index contributed by atoms with van der Waals surface area (Å²) in [5, 5.41) is 0. The first-order chi connectivity index (χ1) is 8.79. The number of nitrogens with two attached hydrogens (primary N) is 1. The van der Waals surface area contributed by atoms with E-state index in [0.717, 1.165) is 32.1 Å². The van der Waals surface area contributed by atoms with Gasteiger partial charge in [0.1, 0.15) is 6.10 Å². The Hall–Kier alpha value is -0.650. The van der Waals surface area contributed by atoms with Crippen molar-refractivity contribution in [1.82, 2.24) is 4.90 Å². The second kappa shape index (κ2) is 5.15. The zero-order valence-corrected chi connectivity index (χ0v) is 10.7. The van der Waals surface area contributed by atoms with Crippen LogP contribution in [0.2, 0.25) is 0 Å². The molecule has 4 atom stereocenters. The number of nitrogens with zero attached hydrogens (tertiary/aromatic N) is 1. The summed E-state index contributed by atoms with van der Waals surface area (Å²) in [6.07, 6.45) is 5.11. The Bertz CT molecular complexity index is 323. The molecule has 1 saturated carbocycles. The summed E-state index contributed by atoms with van der Waals surface area (Å²) in [4.78, 5) is 14.5. The van der Waals surface area contributed by atoms with Gasteiger partial charge in [-0.05, 0) is 32.1 Å². The summed E-state index contributed by atoms with van der Waals surface area (Å²) < 4.78 is 11.4. The summed E-state index contributed by atoms with van der Waals surface area (Å²) in [5.41, 5.74) is 5.59. The van der Waals surface area contributed by atoms with E-state index < -0.39 is 0 Å². The maximum Gasteiger partial charge on any atom is 0.252 e. The smallest absolute Gasteiger partial charge is 0.252 e. The monoisotopic (exact) mass is 254 g/mol. The molecule has 0 bridgehead atoms. The van der Waals surface area contributed by atoms with Crippen LogP contribution in [0.4, 0.5) is 0 Å². The second-order valence-electron chi connectivity index (χ2n) is 5.50. The third-order valence-electron chi connectivity index (χ3n) is 4.41. The highest BCUT2D eigenvalue weighted by Gasteiger charge is 2.42. The van der Waals surface area contributed by atoms with Crippen molar-refractivity contribution in [2.24, 2.45) is 5.73 Å². The van der Waals surface area contributed by atoms with Crippen LogP contribution in [-0.4, -0.2) is 54.9 Å². The number of amides is 1. The van der Waals surface area contributed by atoms with Crippen LogP contribution in [0.3, 0.4) is 0 Å². The van der Waals surface area contributed by atoms with Crippen LogP contribution in [0.5, 0.6) is 0 Å². The van der Waals surface area contributed by atoms with Gasteiger partial charge < -0.3 is 20.1 Å². The minimum Gasteiger partial charge on any atom is -0.374 e. The molecule has 1 amide bonds. The van der Waals surface area contributed by atoms with Crippen LogP contribution in [0.15, 0.2) is 0 Å². The average molecular weight is 254 g/mol. The van der Waals surface area contributed by atoms with Crippen molar-refractivity contribution in [3.8, 4) is 0 Å². The maximum atomic E-state index is 12.5. The van der Waals surface area contributed by atoms with Gasteiger partial charge in [0.25, 0.3) is 5.91 Å². The van der Waals surface area contributed by atoms with Crippen molar-refractivity contribution in [1.29, 1.82) is 0 Å². The molecule has 2 aliphatic heterocycles. The molecule has 2 saturated heterocycles. The molecule has 2 heterocycles. The summed E-state index contributed by atoms with van der Waals surface area (Å²) >= 11 is 0. The quantitative estimate of drug-likeness (QED) is 0.768. The molecule has 102 valence electrons. The van der Waals surface area contributed by atoms with Gasteiger partial charge in [-0.25, -0.2) is 0 Å². The number of hydrogen-bond donors (Lipinski definition) is 1. The number of rotatable bonds is 2. The maximum absolute atomic E-state index is 12.5. The van der Waals surface area contributed by atoms with Crippen molar-refractivity contribution in [2.45, 2.75) is 56.5 Å². The van der Waals surface area contributed by atoms with Gasteiger partial charge in [-0.15, -0.1) is 0 Å². The molecule has 2 N–H and O–H groups in total. The number of fused-ring (bicyclic) bond motifs is 1. The van der Waals surface area contributed by atoms with Crippen LogP contribution < -0.4 is 5.73 Å². The molecule has 3 fully saturated rings. The molecule has 0 aromatic carbocycles. The molecule has 3 aliphatic rings. The molecular formula is C13H22N2O3. The Morgan fingerprint density at radius 1 is 1.28 bits per heavy atom. The van der Waals surface area contributed by atoms with Crippen molar-refractivity contribution in [3.63, 3.8) is 0 Å². The Morgan fingerprint density at radius 3 is 2.94 bits per heavy atom. The normalized spacial score (nSPS) is 39.9. The zero-order valence-electron chi connectivity index (χ0n) is 10.7. The molecular weight excluding hydrogens is 232 g/mol. The molecule has 2 unspecified atom stereocenters. The van der Waals surface area contributed by atoms with E-state index >= 15 is 0 Å². The van der Waals surface area contributed by atoms with Gasteiger partial charge >= 0.3 is 0 Å². The van der Waals surface area contributed by atoms with Gasteiger partial charge in [-0.3, -0.25) is 4.79 Å². The van der Waals surface area contributed by atoms with Gasteiger partial charge in [0, 0.05) is 13.1 Å². The van der Waals surface area contributed by atoms with Crippen LogP contribution in [0.25, 0.3) is 0 Å². The lowest BCUT2D eigenvalue weighted by Crippen LogP contribution is -2.54. The number of hydrogen-bond acceptors (Lipinski definition) is 4. The molecule has 0 radical (unpaired) electrons. The molecule has 18 heavy (non-hydrogen) atoms. The molecule has 3 rings (SSSR count). The van der Waals surface area contributed by atoms with Crippen molar-refractivity contribution in [2.75, 3.05) is 19.7 Å². The fourth-order valence-corrected chi connectivity index (χ4v) is 3.44. The Balaban J connectivity index is 1.65. The summed E-state index contributed by atoms with van der Waals surface area (Å²) in [6.45, 7) is 1.89. The first kappa shape index (κ1) is 12.4. The van der Waals surface area contributed by atoms with E-state index in [1.165, 1.54) is 0 Å². The molecule has 0 spiro atoms. The fourth-order valence-electron chi connectivity index (χ4n) is 3.44. The second-order valence-corrected chi connectivity index (χ2v) is 5.50. The predicted molar refractivity (Wildman–Crippen MR) is 66.0 cm³/mol. The lowest BCUT2D eigenvalue weighted by atomic mass is 10.1. The van der Waals surface area contributed by atoms with Crippen LogP contribution in [0.1, 0.15) is 32.1 Å². The fraction of sp³-hybridized carbons (Fsp3) is 0.923. The van der Waals surface area contributed by atoms with E-state index in [4.69, 9.17) is 15.2 Å². The van der Waals surface area contributed by atoms with E-state index in [0.29, 0.717) is 19.7 Å². The van der Waals surface area contributed by atoms with Crippen molar-refractivity contribution < 1.29 is 14.3 Å². The molecule has 0 aromatic rings. The van der Waals surface area contributed by atoms with Gasteiger partial charge in [0.2, 0.25) is 0 Å². The summed E-state index contributed by atoms with van der Waals surface area (Å²) in [6, 6.07) is 0.284. The van der Waals surface area contributed by atoms with E-state index in [1.54, 1.807) is 0 Å². The van der Waals surface area contributed by atoms with E-state index in [9.17, 15) is 4.79 Å².